The Hall–Kier alpha value is -3.27. The van der Waals surface area contributed by atoms with E-state index in [0.29, 0.717) is 18.0 Å². The van der Waals surface area contributed by atoms with Crippen LogP contribution < -0.4 is 19.1 Å². The number of hydrogen-bond donors (Lipinski definition) is 1. The smallest absolute Gasteiger partial charge is 0.244 e. The Labute approximate surface area is 214 Å². The molecule has 0 aromatic heterocycles. The highest BCUT2D eigenvalue weighted by Crippen LogP contribution is 2.31. The predicted molar refractivity (Wildman–Crippen MR) is 141 cm³/mol. The average molecular weight is 520 g/mol. The van der Waals surface area contributed by atoms with Gasteiger partial charge in [-0.2, -0.15) is 0 Å². The van der Waals surface area contributed by atoms with Crippen molar-refractivity contribution in [2.45, 2.75) is 40.3 Å². The Morgan fingerprint density at radius 1 is 1.00 bits per heavy atom. The van der Waals surface area contributed by atoms with E-state index in [1.165, 1.54) is 12.0 Å². The number of carbonyl (C=O) groups excluding carboxylic acids is 2. The van der Waals surface area contributed by atoms with E-state index < -0.39 is 28.5 Å². The molecule has 0 aliphatic rings. The number of hydrogen-bond acceptors (Lipinski definition) is 6. The summed E-state index contributed by atoms with van der Waals surface area (Å²) in [5.74, 6) is 0.385. The number of nitrogens with zero attached hydrogens (tertiary/aromatic N) is 2. The van der Waals surface area contributed by atoms with Crippen LogP contribution in [-0.2, 0) is 26.2 Å². The maximum Gasteiger partial charge on any atom is 0.244 e. The van der Waals surface area contributed by atoms with E-state index in [2.05, 4.69) is 5.32 Å². The third-order valence-electron chi connectivity index (χ3n) is 5.65. The number of aryl methyl sites for hydroxylation is 1. The van der Waals surface area contributed by atoms with Crippen LogP contribution in [0.4, 0.5) is 5.69 Å². The van der Waals surface area contributed by atoms with Gasteiger partial charge in [0.15, 0.2) is 0 Å². The average Bonchev–Trinajstić information content (AvgIpc) is 2.83. The largest absolute Gasteiger partial charge is 0.497 e. The van der Waals surface area contributed by atoms with Gasteiger partial charge >= 0.3 is 0 Å². The standard InChI is InChI=1S/C26H37N3O6S/c1-18(2)15-27-26(31)20(4)28(16-21-9-11-22(34-5)12-10-21)25(30)17-29(36(7,32)33)23-14-19(3)8-13-24(23)35-6/h8-14,18,20H,15-17H2,1-7H3,(H,27,31)/t20-/m1/s1. The Bertz CT molecular complexity index is 1150. The molecule has 1 N–H and O–H groups in total. The molecule has 0 radical (unpaired) electrons. The molecule has 36 heavy (non-hydrogen) atoms. The number of carbonyl (C=O) groups is 2. The first-order valence-electron chi connectivity index (χ1n) is 11.7. The number of ether oxygens (including phenoxy) is 2. The fourth-order valence-corrected chi connectivity index (χ4v) is 4.40. The normalized spacial score (nSPS) is 12.1. The second kappa shape index (κ2) is 12.6. The highest BCUT2D eigenvalue weighted by atomic mass is 32.2. The van der Waals surface area contributed by atoms with Gasteiger partial charge in [0.1, 0.15) is 24.1 Å². The molecule has 0 aliphatic heterocycles. The van der Waals surface area contributed by atoms with Crippen LogP contribution in [0.2, 0.25) is 0 Å². The lowest BCUT2D eigenvalue weighted by Gasteiger charge is -2.32. The number of sulfonamides is 1. The third-order valence-corrected chi connectivity index (χ3v) is 6.77. The summed E-state index contributed by atoms with van der Waals surface area (Å²) in [7, 11) is -0.858. The molecular weight excluding hydrogens is 482 g/mol. The Kier molecular flexibility index (Phi) is 10.2. The van der Waals surface area contributed by atoms with Gasteiger partial charge in [-0.25, -0.2) is 8.42 Å². The van der Waals surface area contributed by atoms with Crippen molar-refractivity contribution in [1.29, 1.82) is 0 Å². The Balaban J connectivity index is 2.43. The zero-order valence-corrected chi connectivity index (χ0v) is 22.9. The first-order valence-corrected chi connectivity index (χ1v) is 13.5. The molecule has 0 heterocycles. The van der Waals surface area contributed by atoms with Crippen LogP contribution in [0, 0.1) is 12.8 Å². The number of anilines is 1. The van der Waals surface area contributed by atoms with Gasteiger partial charge in [0.05, 0.1) is 26.2 Å². The van der Waals surface area contributed by atoms with Crippen LogP contribution in [0.15, 0.2) is 42.5 Å². The van der Waals surface area contributed by atoms with Crippen molar-refractivity contribution in [3.63, 3.8) is 0 Å². The van der Waals surface area contributed by atoms with Crippen LogP contribution in [0.3, 0.4) is 0 Å². The van der Waals surface area contributed by atoms with Crippen molar-refractivity contribution in [2.75, 3.05) is 37.9 Å². The second-order valence-electron chi connectivity index (χ2n) is 9.13. The summed E-state index contributed by atoms with van der Waals surface area (Å²) in [4.78, 5) is 27.9. The van der Waals surface area contributed by atoms with Gasteiger partial charge in [0.2, 0.25) is 21.8 Å². The Morgan fingerprint density at radius 2 is 1.64 bits per heavy atom. The molecule has 2 aromatic rings. The first kappa shape index (κ1) is 29.0. The molecule has 2 aromatic carbocycles. The lowest BCUT2D eigenvalue weighted by atomic mass is 10.1. The molecule has 9 nitrogen and oxygen atoms in total. The number of nitrogens with one attached hydrogen (secondary N) is 1. The molecule has 0 saturated heterocycles. The lowest BCUT2D eigenvalue weighted by molar-refractivity contribution is -0.139. The van der Waals surface area contributed by atoms with E-state index in [4.69, 9.17) is 9.47 Å². The summed E-state index contributed by atoms with van der Waals surface area (Å²) in [5, 5.41) is 2.86. The van der Waals surface area contributed by atoms with E-state index in [-0.39, 0.29) is 24.1 Å². The minimum Gasteiger partial charge on any atom is -0.497 e. The first-order chi connectivity index (χ1) is 16.9. The summed E-state index contributed by atoms with van der Waals surface area (Å²) in [6, 6.07) is 11.4. The molecule has 0 aliphatic carbocycles. The van der Waals surface area contributed by atoms with E-state index in [0.717, 1.165) is 21.7 Å². The van der Waals surface area contributed by atoms with Crippen LogP contribution in [0.1, 0.15) is 31.9 Å². The van der Waals surface area contributed by atoms with Crippen LogP contribution >= 0.6 is 0 Å². The summed E-state index contributed by atoms with van der Waals surface area (Å²) in [6.07, 6.45) is 1.04. The van der Waals surface area contributed by atoms with E-state index in [1.807, 2.05) is 20.8 Å². The maximum absolute atomic E-state index is 13.6. The summed E-state index contributed by atoms with van der Waals surface area (Å²) in [5.41, 5.74) is 1.84. The number of methoxy groups -OCH3 is 2. The second-order valence-corrected chi connectivity index (χ2v) is 11.0. The fraction of sp³-hybridized carbons (Fsp3) is 0.462. The summed E-state index contributed by atoms with van der Waals surface area (Å²) in [6.45, 7) is 7.49. The maximum atomic E-state index is 13.6. The van der Waals surface area contributed by atoms with Crippen molar-refractivity contribution in [3.05, 3.63) is 53.6 Å². The number of rotatable bonds is 12. The highest BCUT2D eigenvalue weighted by molar-refractivity contribution is 7.92. The minimum absolute atomic E-state index is 0.113. The lowest BCUT2D eigenvalue weighted by Crippen LogP contribution is -2.51. The molecule has 0 unspecified atom stereocenters. The monoisotopic (exact) mass is 519 g/mol. The molecular formula is C26H37N3O6S. The topological polar surface area (TPSA) is 105 Å². The minimum atomic E-state index is -3.86. The predicted octanol–water partition coefficient (Wildman–Crippen LogP) is 2.97. The van der Waals surface area contributed by atoms with Gasteiger partial charge in [0.25, 0.3) is 0 Å². The van der Waals surface area contributed by atoms with Crippen LogP contribution in [-0.4, -0.2) is 64.7 Å². The zero-order chi connectivity index (χ0) is 27.0. The van der Waals surface area contributed by atoms with Crippen molar-refractivity contribution in [1.82, 2.24) is 10.2 Å². The molecule has 0 spiro atoms. The summed E-state index contributed by atoms with van der Waals surface area (Å²) < 4.78 is 37.2. The Morgan fingerprint density at radius 3 is 2.17 bits per heavy atom. The quantitative estimate of drug-likeness (QED) is 0.462. The molecule has 10 heteroatoms. The van der Waals surface area contributed by atoms with Gasteiger partial charge in [0, 0.05) is 13.1 Å². The van der Waals surface area contributed by atoms with Crippen molar-refractivity contribution in [3.8, 4) is 11.5 Å². The van der Waals surface area contributed by atoms with Gasteiger partial charge in [-0.3, -0.25) is 13.9 Å². The van der Waals surface area contributed by atoms with Gasteiger partial charge < -0.3 is 19.7 Å². The van der Waals surface area contributed by atoms with E-state index in [9.17, 15) is 18.0 Å². The highest BCUT2D eigenvalue weighted by Gasteiger charge is 2.31. The zero-order valence-electron chi connectivity index (χ0n) is 22.1. The van der Waals surface area contributed by atoms with Crippen molar-refractivity contribution < 1.29 is 27.5 Å². The van der Waals surface area contributed by atoms with Gasteiger partial charge in [-0.1, -0.05) is 32.0 Å². The SMILES string of the molecule is COc1ccc(CN(C(=O)CN(c2cc(C)ccc2OC)S(C)(=O)=O)[C@H](C)C(=O)NCC(C)C)cc1. The van der Waals surface area contributed by atoms with E-state index in [1.54, 1.807) is 56.5 Å². The van der Waals surface area contributed by atoms with E-state index >= 15 is 0 Å². The molecule has 0 saturated carbocycles. The van der Waals surface area contributed by atoms with Crippen molar-refractivity contribution in [2.24, 2.45) is 5.92 Å². The summed E-state index contributed by atoms with van der Waals surface area (Å²) >= 11 is 0. The van der Waals surface area contributed by atoms with Crippen LogP contribution in [0.25, 0.3) is 0 Å². The molecule has 1 atom stereocenters. The number of benzene rings is 2. The van der Waals surface area contributed by atoms with Gasteiger partial charge in [-0.05, 0) is 55.2 Å². The molecule has 2 amide bonds. The molecule has 198 valence electrons. The molecule has 2 rings (SSSR count). The van der Waals surface area contributed by atoms with Crippen molar-refractivity contribution >= 4 is 27.5 Å². The molecule has 0 bridgehead atoms. The van der Waals surface area contributed by atoms with Gasteiger partial charge in [-0.15, -0.1) is 0 Å². The third kappa shape index (κ3) is 7.87. The fourth-order valence-electron chi connectivity index (χ4n) is 3.55. The van der Waals surface area contributed by atoms with Crippen LogP contribution in [0.5, 0.6) is 11.5 Å². The number of amides is 2. The molecule has 0 fully saturated rings.